The van der Waals surface area contributed by atoms with Crippen molar-refractivity contribution in [1.29, 1.82) is 0 Å². The molecule has 0 spiro atoms. The quantitative estimate of drug-likeness (QED) is 0.829. The second kappa shape index (κ2) is 7.26. The molecular weight excluding hydrogens is 296 g/mol. The van der Waals surface area contributed by atoms with Crippen molar-refractivity contribution in [1.82, 2.24) is 15.1 Å². The molecule has 1 unspecified atom stereocenters. The zero-order valence-corrected chi connectivity index (χ0v) is 14.2. The van der Waals surface area contributed by atoms with Gasteiger partial charge in [0.25, 0.3) is 0 Å². The molecule has 0 radical (unpaired) electrons. The number of aryl methyl sites for hydroxylation is 1. The number of rotatable bonds is 5. The van der Waals surface area contributed by atoms with Gasteiger partial charge in [-0.15, -0.1) is 0 Å². The van der Waals surface area contributed by atoms with Crippen LogP contribution in [0.2, 0.25) is 0 Å². The summed E-state index contributed by atoms with van der Waals surface area (Å²) in [6.07, 6.45) is 1.89. The Bertz CT molecular complexity index is 653. The summed E-state index contributed by atoms with van der Waals surface area (Å²) in [7, 11) is 1.64. The molecule has 0 aliphatic carbocycles. The Morgan fingerprint density at radius 2 is 2.14 bits per heavy atom. The lowest BCUT2D eigenvalue weighted by molar-refractivity contribution is 0.417. The standard InChI is InChI=1S/C16H22N4OS/c1-5-20-12(3)13(10-17-20)11(2)18-16(22)19-14-8-6-7-9-15(14)21-4/h6-11H,5H2,1-4H3,(H2,18,19,22). The fraction of sp³-hybridized carbons (Fsp3) is 0.375. The van der Waals surface area contributed by atoms with E-state index in [1.54, 1.807) is 7.11 Å². The smallest absolute Gasteiger partial charge is 0.171 e. The molecule has 1 heterocycles. The molecule has 118 valence electrons. The van der Waals surface area contributed by atoms with Gasteiger partial charge in [0.05, 0.1) is 25.0 Å². The van der Waals surface area contributed by atoms with Crippen LogP contribution in [0.3, 0.4) is 0 Å². The van der Waals surface area contributed by atoms with Gasteiger partial charge in [-0.25, -0.2) is 0 Å². The van der Waals surface area contributed by atoms with E-state index in [-0.39, 0.29) is 6.04 Å². The monoisotopic (exact) mass is 318 g/mol. The molecule has 0 fully saturated rings. The van der Waals surface area contributed by atoms with E-state index in [2.05, 4.69) is 36.5 Å². The van der Waals surface area contributed by atoms with E-state index in [9.17, 15) is 0 Å². The van der Waals surface area contributed by atoms with Crippen LogP contribution in [0, 0.1) is 6.92 Å². The molecule has 22 heavy (non-hydrogen) atoms. The summed E-state index contributed by atoms with van der Waals surface area (Å²) >= 11 is 5.39. The van der Waals surface area contributed by atoms with E-state index in [1.807, 2.05) is 35.1 Å². The second-order valence-electron chi connectivity index (χ2n) is 5.02. The minimum atomic E-state index is 0.0787. The third kappa shape index (κ3) is 3.57. The van der Waals surface area contributed by atoms with Crippen molar-refractivity contribution in [3.05, 3.63) is 41.7 Å². The van der Waals surface area contributed by atoms with E-state index in [0.717, 1.165) is 29.2 Å². The second-order valence-corrected chi connectivity index (χ2v) is 5.43. The molecule has 1 atom stereocenters. The first-order valence-electron chi connectivity index (χ1n) is 7.29. The van der Waals surface area contributed by atoms with Crippen LogP contribution in [0.4, 0.5) is 5.69 Å². The maximum absolute atomic E-state index is 5.39. The van der Waals surface area contributed by atoms with Crippen LogP contribution >= 0.6 is 12.2 Å². The number of ether oxygens (including phenoxy) is 1. The summed E-state index contributed by atoms with van der Waals surface area (Å²) in [5.74, 6) is 0.759. The van der Waals surface area contributed by atoms with Gasteiger partial charge in [0.1, 0.15) is 5.75 Å². The predicted octanol–water partition coefficient (Wildman–Crippen LogP) is 3.27. The maximum Gasteiger partial charge on any atom is 0.171 e. The highest BCUT2D eigenvalue weighted by Crippen LogP contribution is 2.23. The van der Waals surface area contributed by atoms with Crippen LogP contribution in [0.15, 0.2) is 30.5 Å². The summed E-state index contributed by atoms with van der Waals surface area (Å²) in [6, 6.07) is 7.76. The number of anilines is 1. The van der Waals surface area contributed by atoms with Crippen LogP contribution < -0.4 is 15.4 Å². The Morgan fingerprint density at radius 1 is 1.41 bits per heavy atom. The first-order chi connectivity index (χ1) is 10.6. The highest BCUT2D eigenvalue weighted by atomic mass is 32.1. The molecule has 0 amide bonds. The van der Waals surface area contributed by atoms with Crippen molar-refractivity contribution >= 4 is 23.0 Å². The fourth-order valence-corrected chi connectivity index (χ4v) is 2.67. The molecule has 5 nitrogen and oxygen atoms in total. The van der Waals surface area contributed by atoms with Crippen LogP contribution in [-0.2, 0) is 6.54 Å². The highest BCUT2D eigenvalue weighted by Gasteiger charge is 2.14. The SMILES string of the molecule is CCn1ncc(C(C)NC(=S)Nc2ccccc2OC)c1C. The summed E-state index contributed by atoms with van der Waals surface area (Å²) in [6.45, 7) is 7.08. The summed E-state index contributed by atoms with van der Waals surface area (Å²) < 4.78 is 7.29. The van der Waals surface area contributed by atoms with Gasteiger partial charge in [0.2, 0.25) is 0 Å². The van der Waals surface area contributed by atoms with E-state index < -0.39 is 0 Å². The Hall–Kier alpha value is -2.08. The molecule has 0 saturated carbocycles. The Labute approximate surface area is 136 Å². The van der Waals surface area contributed by atoms with Crippen molar-refractivity contribution in [3.63, 3.8) is 0 Å². The van der Waals surface area contributed by atoms with Crippen LogP contribution in [0.25, 0.3) is 0 Å². The molecule has 2 N–H and O–H groups in total. The minimum Gasteiger partial charge on any atom is -0.495 e. The van der Waals surface area contributed by atoms with Gasteiger partial charge in [-0.3, -0.25) is 4.68 Å². The molecule has 1 aromatic carbocycles. The first-order valence-corrected chi connectivity index (χ1v) is 7.70. The number of hydrogen-bond acceptors (Lipinski definition) is 3. The summed E-state index contributed by atoms with van der Waals surface area (Å²) in [4.78, 5) is 0. The van der Waals surface area contributed by atoms with E-state index in [0.29, 0.717) is 5.11 Å². The third-order valence-corrected chi connectivity index (χ3v) is 3.83. The largest absolute Gasteiger partial charge is 0.495 e. The Kier molecular flexibility index (Phi) is 5.38. The van der Waals surface area contributed by atoms with Gasteiger partial charge in [0, 0.05) is 17.8 Å². The van der Waals surface area contributed by atoms with Crippen LogP contribution in [0.5, 0.6) is 5.75 Å². The summed E-state index contributed by atoms with van der Waals surface area (Å²) in [5.41, 5.74) is 3.14. The number of nitrogens with one attached hydrogen (secondary N) is 2. The molecule has 2 aromatic rings. The predicted molar refractivity (Wildman–Crippen MR) is 93.4 cm³/mol. The van der Waals surface area contributed by atoms with Crippen LogP contribution in [-0.4, -0.2) is 22.0 Å². The summed E-state index contributed by atoms with van der Waals surface area (Å²) in [5, 5.41) is 11.4. The van der Waals surface area contributed by atoms with E-state index in [4.69, 9.17) is 17.0 Å². The topological polar surface area (TPSA) is 51.1 Å². The molecule has 6 heteroatoms. The van der Waals surface area contributed by atoms with Gasteiger partial charge in [-0.05, 0) is 45.1 Å². The number of para-hydroxylation sites is 2. The van der Waals surface area contributed by atoms with Gasteiger partial charge in [-0.2, -0.15) is 5.10 Å². The molecule has 1 aromatic heterocycles. The minimum absolute atomic E-state index is 0.0787. The molecular formula is C16H22N4OS. The number of hydrogen-bond donors (Lipinski definition) is 2. The van der Waals surface area contributed by atoms with Gasteiger partial charge >= 0.3 is 0 Å². The Balaban J connectivity index is 2.03. The number of nitrogens with zero attached hydrogens (tertiary/aromatic N) is 2. The van der Waals surface area contributed by atoms with E-state index >= 15 is 0 Å². The molecule has 2 rings (SSSR count). The molecule has 0 saturated heterocycles. The lowest BCUT2D eigenvalue weighted by atomic mass is 10.1. The number of benzene rings is 1. The van der Waals surface area contributed by atoms with Crippen molar-refractivity contribution < 1.29 is 4.74 Å². The zero-order valence-electron chi connectivity index (χ0n) is 13.4. The lowest BCUT2D eigenvalue weighted by Gasteiger charge is -2.18. The average Bonchev–Trinajstić information content (AvgIpc) is 2.88. The van der Waals surface area contributed by atoms with Gasteiger partial charge < -0.3 is 15.4 Å². The number of methoxy groups -OCH3 is 1. The zero-order chi connectivity index (χ0) is 16.1. The molecule has 0 bridgehead atoms. The fourth-order valence-electron chi connectivity index (χ4n) is 2.39. The third-order valence-electron chi connectivity index (χ3n) is 3.61. The normalized spacial score (nSPS) is 11.8. The lowest BCUT2D eigenvalue weighted by Crippen LogP contribution is -2.31. The maximum atomic E-state index is 5.39. The van der Waals surface area contributed by atoms with Crippen molar-refractivity contribution in [2.75, 3.05) is 12.4 Å². The molecule has 0 aliphatic heterocycles. The van der Waals surface area contributed by atoms with Crippen molar-refractivity contribution in [2.24, 2.45) is 0 Å². The Morgan fingerprint density at radius 3 is 2.77 bits per heavy atom. The molecule has 0 aliphatic rings. The van der Waals surface area contributed by atoms with Crippen molar-refractivity contribution in [3.8, 4) is 5.75 Å². The number of aromatic nitrogens is 2. The first kappa shape index (κ1) is 16.3. The highest BCUT2D eigenvalue weighted by molar-refractivity contribution is 7.80. The van der Waals surface area contributed by atoms with Gasteiger partial charge in [0.15, 0.2) is 5.11 Å². The van der Waals surface area contributed by atoms with Crippen LogP contribution in [0.1, 0.15) is 31.1 Å². The number of thiocarbonyl (C=S) groups is 1. The van der Waals surface area contributed by atoms with Gasteiger partial charge in [-0.1, -0.05) is 12.1 Å². The van der Waals surface area contributed by atoms with E-state index in [1.165, 1.54) is 0 Å². The van der Waals surface area contributed by atoms with Crippen molar-refractivity contribution in [2.45, 2.75) is 33.4 Å². The average molecular weight is 318 g/mol.